The third kappa shape index (κ3) is 2.90. The van der Waals surface area contributed by atoms with Crippen LogP contribution in [0, 0.1) is 0 Å². The predicted octanol–water partition coefficient (Wildman–Crippen LogP) is 4.75. The van der Waals surface area contributed by atoms with E-state index in [2.05, 4.69) is 48.5 Å². The maximum absolute atomic E-state index is 2.12. The van der Waals surface area contributed by atoms with Crippen LogP contribution in [0.25, 0.3) is 10.8 Å². The van der Waals surface area contributed by atoms with Gasteiger partial charge in [0.25, 0.3) is 0 Å². The van der Waals surface area contributed by atoms with Gasteiger partial charge in [-0.25, -0.2) is 0 Å². The summed E-state index contributed by atoms with van der Waals surface area (Å²) in [5.41, 5.74) is 0. The normalized spacial score (nSPS) is 7.69. The van der Waals surface area contributed by atoms with Gasteiger partial charge in [0.15, 0.2) is 0 Å². The summed E-state index contributed by atoms with van der Waals surface area (Å²) in [6.45, 7) is 0. The number of hydrogen-bond acceptors (Lipinski definition) is 0. The fourth-order valence-corrected chi connectivity index (χ4v) is 1.13. The minimum atomic E-state index is 0. The van der Waals surface area contributed by atoms with Crippen molar-refractivity contribution in [2.45, 2.75) is 22.3 Å². The smallest absolute Gasteiger partial charge is 0.0184 e. The predicted molar refractivity (Wildman–Crippen MR) is 64.1 cm³/mol. The van der Waals surface area contributed by atoms with Crippen LogP contribution in [-0.2, 0) is 0 Å². The lowest BCUT2D eigenvalue weighted by Gasteiger charge is -1.92. The largest absolute Gasteiger partial charge is 0.0776 e. The lowest BCUT2D eigenvalue weighted by atomic mass is 10.1. The van der Waals surface area contributed by atoms with E-state index in [1.54, 1.807) is 0 Å². The first-order chi connectivity index (χ1) is 4.97. The van der Waals surface area contributed by atoms with Crippen LogP contribution < -0.4 is 0 Å². The summed E-state index contributed by atoms with van der Waals surface area (Å²) in [6, 6.07) is 16.7. The van der Waals surface area contributed by atoms with E-state index in [-0.39, 0.29) is 22.3 Å². The van der Waals surface area contributed by atoms with Crippen LogP contribution in [0.2, 0.25) is 0 Å². The summed E-state index contributed by atoms with van der Waals surface area (Å²) in [7, 11) is 0. The van der Waals surface area contributed by atoms with Crippen molar-refractivity contribution in [2.24, 2.45) is 0 Å². The fraction of sp³-hybridized carbons (Fsp3) is 0.231. The number of rotatable bonds is 0. The Morgan fingerprint density at radius 1 is 0.462 bits per heavy atom. The first kappa shape index (κ1) is 14.2. The van der Waals surface area contributed by atoms with Gasteiger partial charge in [0, 0.05) is 0 Å². The molecule has 2 rings (SSSR count). The molecule has 0 aromatic heterocycles. The summed E-state index contributed by atoms with van der Waals surface area (Å²) >= 11 is 0. The molecule has 0 atom stereocenters. The van der Waals surface area contributed by atoms with Crippen LogP contribution in [-0.4, -0.2) is 0 Å². The Bertz CT molecular complexity index is 271. The zero-order valence-electron chi connectivity index (χ0n) is 5.62. The Balaban J connectivity index is 0. The summed E-state index contributed by atoms with van der Waals surface area (Å²) in [4.78, 5) is 0. The van der Waals surface area contributed by atoms with E-state index in [1.165, 1.54) is 10.8 Å². The van der Waals surface area contributed by atoms with Crippen molar-refractivity contribution in [3.05, 3.63) is 48.5 Å². The highest BCUT2D eigenvalue weighted by Gasteiger charge is 1.85. The van der Waals surface area contributed by atoms with E-state index in [9.17, 15) is 0 Å². The number of hydrogen-bond donors (Lipinski definition) is 0. The van der Waals surface area contributed by atoms with Crippen LogP contribution in [0.4, 0.5) is 0 Å². The Morgan fingerprint density at radius 2 is 0.692 bits per heavy atom. The standard InChI is InChI=1S/C10H8.3CH4/c1-2-6-10-8-4-3-7-9(10)5-1;;;/h1-8H;3*1H4. The molecule has 0 heteroatoms. The van der Waals surface area contributed by atoms with Gasteiger partial charge in [-0.2, -0.15) is 0 Å². The highest BCUT2D eigenvalue weighted by molar-refractivity contribution is 5.81. The lowest BCUT2D eigenvalue weighted by molar-refractivity contribution is 1.75. The van der Waals surface area contributed by atoms with Crippen molar-refractivity contribution in [3.8, 4) is 0 Å². The van der Waals surface area contributed by atoms with Crippen LogP contribution >= 0.6 is 0 Å². The van der Waals surface area contributed by atoms with Crippen molar-refractivity contribution >= 4 is 10.8 Å². The molecule has 0 amide bonds. The van der Waals surface area contributed by atoms with Gasteiger partial charge in [0.1, 0.15) is 0 Å². The van der Waals surface area contributed by atoms with Crippen molar-refractivity contribution in [2.75, 3.05) is 0 Å². The summed E-state index contributed by atoms with van der Waals surface area (Å²) < 4.78 is 0. The van der Waals surface area contributed by atoms with Gasteiger partial charge >= 0.3 is 0 Å². The van der Waals surface area contributed by atoms with Crippen molar-refractivity contribution < 1.29 is 0 Å². The van der Waals surface area contributed by atoms with E-state index in [4.69, 9.17) is 0 Å². The maximum atomic E-state index is 2.12. The molecule has 0 bridgehead atoms. The van der Waals surface area contributed by atoms with Gasteiger partial charge in [0.05, 0.1) is 0 Å². The SMILES string of the molecule is C.C.C.c1ccc2ccccc2c1. The third-order valence-corrected chi connectivity index (χ3v) is 1.66. The molecule has 0 aliphatic rings. The molecular weight excluding hydrogens is 156 g/mol. The average molecular weight is 176 g/mol. The molecule has 0 nitrogen and oxygen atoms in total. The molecule has 0 fully saturated rings. The molecule has 2 aromatic rings. The van der Waals surface area contributed by atoms with Crippen LogP contribution in [0.3, 0.4) is 0 Å². The molecule has 0 saturated carbocycles. The molecule has 0 spiro atoms. The molecule has 72 valence electrons. The van der Waals surface area contributed by atoms with Crippen LogP contribution in [0.1, 0.15) is 22.3 Å². The van der Waals surface area contributed by atoms with Crippen molar-refractivity contribution in [1.82, 2.24) is 0 Å². The highest BCUT2D eigenvalue weighted by atomic mass is 13.9. The van der Waals surface area contributed by atoms with Gasteiger partial charge in [0.2, 0.25) is 0 Å². The van der Waals surface area contributed by atoms with Gasteiger partial charge < -0.3 is 0 Å². The molecule has 0 unspecified atom stereocenters. The van der Waals surface area contributed by atoms with E-state index in [0.29, 0.717) is 0 Å². The van der Waals surface area contributed by atoms with Crippen molar-refractivity contribution in [1.29, 1.82) is 0 Å². The second-order valence-electron chi connectivity index (χ2n) is 2.35. The molecule has 0 N–H and O–H groups in total. The minimum Gasteiger partial charge on any atom is -0.0776 e. The minimum absolute atomic E-state index is 0. The Kier molecular flexibility index (Phi) is 6.84. The third-order valence-electron chi connectivity index (χ3n) is 1.66. The van der Waals surface area contributed by atoms with E-state index < -0.39 is 0 Å². The molecule has 0 saturated heterocycles. The zero-order valence-corrected chi connectivity index (χ0v) is 5.62. The second-order valence-corrected chi connectivity index (χ2v) is 2.35. The van der Waals surface area contributed by atoms with Gasteiger partial charge in [-0.3, -0.25) is 0 Å². The van der Waals surface area contributed by atoms with E-state index in [1.807, 2.05) is 0 Å². The van der Waals surface area contributed by atoms with Gasteiger partial charge in [-0.05, 0) is 10.8 Å². The summed E-state index contributed by atoms with van der Waals surface area (Å²) in [6.07, 6.45) is 0. The van der Waals surface area contributed by atoms with Crippen LogP contribution in [0.15, 0.2) is 48.5 Å². The summed E-state index contributed by atoms with van der Waals surface area (Å²) in [5.74, 6) is 0. The van der Waals surface area contributed by atoms with Gasteiger partial charge in [-0.1, -0.05) is 70.8 Å². The molecule has 0 aliphatic heterocycles. The van der Waals surface area contributed by atoms with E-state index in [0.717, 1.165) is 0 Å². The molecule has 2 aromatic carbocycles. The topological polar surface area (TPSA) is 0 Å². The van der Waals surface area contributed by atoms with E-state index >= 15 is 0 Å². The first-order valence-electron chi connectivity index (χ1n) is 3.40. The number of benzene rings is 2. The Labute approximate surface area is 82.2 Å². The lowest BCUT2D eigenvalue weighted by Crippen LogP contribution is -1.67. The quantitative estimate of drug-likeness (QED) is 0.543. The second kappa shape index (κ2) is 6.24. The molecule has 0 aliphatic carbocycles. The maximum Gasteiger partial charge on any atom is -0.0184 e. The Morgan fingerprint density at radius 3 is 0.923 bits per heavy atom. The zero-order chi connectivity index (χ0) is 6.81. The Hall–Kier alpha value is -1.30. The van der Waals surface area contributed by atoms with Crippen molar-refractivity contribution in [3.63, 3.8) is 0 Å². The van der Waals surface area contributed by atoms with Crippen LogP contribution in [0.5, 0.6) is 0 Å². The summed E-state index contributed by atoms with van der Waals surface area (Å²) in [5, 5.41) is 2.62. The molecule has 0 radical (unpaired) electrons. The molecule has 0 heterocycles. The highest BCUT2D eigenvalue weighted by Crippen LogP contribution is 2.11. The fourth-order valence-electron chi connectivity index (χ4n) is 1.13. The first-order valence-corrected chi connectivity index (χ1v) is 3.40. The van der Waals surface area contributed by atoms with Gasteiger partial charge in [-0.15, -0.1) is 0 Å². The molecular formula is C13H20. The monoisotopic (exact) mass is 176 g/mol. The number of fused-ring (bicyclic) bond motifs is 1. The molecule has 13 heavy (non-hydrogen) atoms. The average Bonchev–Trinajstić information content (AvgIpc) is 2.05.